The fourth-order valence-electron chi connectivity index (χ4n) is 2.15. The third kappa shape index (κ3) is 10.1. The number of rotatable bonds is 10. The largest absolute Gasteiger partial charge is 0.381 e. The Morgan fingerprint density at radius 3 is 2.62 bits per heavy atom. The van der Waals surface area contributed by atoms with Gasteiger partial charge in [0.1, 0.15) is 5.82 Å². The minimum absolute atomic E-state index is 0. The second-order valence-electron chi connectivity index (χ2n) is 6.56. The van der Waals surface area contributed by atoms with Gasteiger partial charge in [-0.25, -0.2) is 4.98 Å². The van der Waals surface area contributed by atoms with Crippen molar-refractivity contribution in [1.29, 1.82) is 0 Å². The lowest BCUT2D eigenvalue weighted by atomic mass is 10.2. The molecular weight excluding hydrogens is 417 g/mol. The van der Waals surface area contributed by atoms with Crippen molar-refractivity contribution in [1.82, 2.24) is 20.2 Å². The number of halogens is 1. The number of nitrogens with one attached hydrogen (secondary N) is 2. The molecule has 1 aromatic heterocycles. The van der Waals surface area contributed by atoms with E-state index in [-0.39, 0.29) is 24.0 Å². The van der Waals surface area contributed by atoms with Gasteiger partial charge in [-0.15, -0.1) is 24.0 Å². The third-order valence-electron chi connectivity index (χ3n) is 3.21. The molecule has 0 bridgehead atoms. The summed E-state index contributed by atoms with van der Waals surface area (Å²) in [6, 6.07) is 0. The molecular formula is C17H34IN5O. The first-order valence-electron chi connectivity index (χ1n) is 8.55. The number of hydrogen-bond acceptors (Lipinski definition) is 3. The van der Waals surface area contributed by atoms with Gasteiger partial charge in [0, 0.05) is 45.7 Å². The van der Waals surface area contributed by atoms with Crippen LogP contribution in [0, 0.1) is 11.8 Å². The lowest BCUT2D eigenvalue weighted by Crippen LogP contribution is -2.38. The van der Waals surface area contributed by atoms with E-state index in [9.17, 15) is 0 Å². The molecule has 2 N–H and O–H groups in total. The summed E-state index contributed by atoms with van der Waals surface area (Å²) in [5.74, 6) is 3.02. The Kier molecular flexibility index (Phi) is 13.0. The molecule has 6 nitrogen and oxygen atoms in total. The Morgan fingerprint density at radius 1 is 1.25 bits per heavy atom. The van der Waals surface area contributed by atoms with E-state index in [1.54, 1.807) is 7.05 Å². The van der Waals surface area contributed by atoms with Crippen molar-refractivity contribution in [3.8, 4) is 0 Å². The normalized spacial score (nSPS) is 11.7. The molecule has 0 aliphatic heterocycles. The van der Waals surface area contributed by atoms with Crippen LogP contribution in [-0.2, 0) is 17.8 Å². The molecule has 0 aromatic carbocycles. The fraction of sp³-hybridized carbons (Fsp3) is 0.765. The second-order valence-corrected chi connectivity index (χ2v) is 6.56. The molecule has 0 amide bonds. The van der Waals surface area contributed by atoms with E-state index in [1.807, 2.05) is 12.4 Å². The highest BCUT2D eigenvalue weighted by Gasteiger charge is 2.05. The van der Waals surface area contributed by atoms with Crippen molar-refractivity contribution < 1.29 is 4.74 Å². The molecule has 0 saturated carbocycles. The molecule has 0 spiro atoms. The van der Waals surface area contributed by atoms with Crippen LogP contribution in [0.5, 0.6) is 0 Å². The van der Waals surface area contributed by atoms with Gasteiger partial charge in [-0.1, -0.05) is 27.7 Å². The van der Waals surface area contributed by atoms with Crippen molar-refractivity contribution in [2.45, 2.75) is 47.2 Å². The molecule has 0 aliphatic rings. The summed E-state index contributed by atoms with van der Waals surface area (Å²) in [6.45, 7) is 12.8. The summed E-state index contributed by atoms with van der Waals surface area (Å²) in [4.78, 5) is 8.65. The molecule has 0 fully saturated rings. The van der Waals surface area contributed by atoms with Crippen LogP contribution < -0.4 is 10.6 Å². The molecule has 0 radical (unpaired) electrons. The van der Waals surface area contributed by atoms with Crippen molar-refractivity contribution in [3.63, 3.8) is 0 Å². The molecule has 1 aromatic rings. The molecule has 0 atom stereocenters. The first kappa shape index (κ1) is 23.2. The number of nitrogens with zero attached hydrogens (tertiary/aromatic N) is 3. The molecule has 1 heterocycles. The minimum Gasteiger partial charge on any atom is -0.381 e. The van der Waals surface area contributed by atoms with Crippen LogP contribution in [0.15, 0.2) is 17.4 Å². The maximum absolute atomic E-state index is 5.57. The monoisotopic (exact) mass is 451 g/mol. The highest BCUT2D eigenvalue weighted by Crippen LogP contribution is 2.03. The fourth-order valence-corrected chi connectivity index (χ4v) is 2.15. The Balaban J connectivity index is 0.00000529. The zero-order valence-corrected chi connectivity index (χ0v) is 18.0. The van der Waals surface area contributed by atoms with Crippen molar-refractivity contribution in [3.05, 3.63) is 18.2 Å². The SMILES string of the molecule is CN=C(NCCCOCC(C)C)NCc1nccn1CC(C)C.I. The number of aliphatic imine (C=N–C) groups is 1. The molecule has 7 heteroatoms. The van der Waals surface area contributed by atoms with Crippen LogP contribution in [-0.4, -0.2) is 42.3 Å². The topological polar surface area (TPSA) is 63.5 Å². The van der Waals surface area contributed by atoms with Gasteiger partial charge in [0.15, 0.2) is 5.96 Å². The summed E-state index contributed by atoms with van der Waals surface area (Å²) in [7, 11) is 1.78. The Labute approximate surface area is 163 Å². The highest BCUT2D eigenvalue weighted by atomic mass is 127. The van der Waals surface area contributed by atoms with E-state index < -0.39 is 0 Å². The van der Waals surface area contributed by atoms with Gasteiger partial charge >= 0.3 is 0 Å². The summed E-state index contributed by atoms with van der Waals surface area (Å²) >= 11 is 0. The summed E-state index contributed by atoms with van der Waals surface area (Å²) in [6.07, 6.45) is 4.84. The Morgan fingerprint density at radius 2 is 2.00 bits per heavy atom. The molecule has 0 unspecified atom stereocenters. The van der Waals surface area contributed by atoms with Crippen LogP contribution in [0.1, 0.15) is 39.9 Å². The van der Waals surface area contributed by atoms with Crippen molar-refractivity contribution >= 4 is 29.9 Å². The number of imidazole rings is 1. The van der Waals surface area contributed by atoms with Gasteiger partial charge < -0.3 is 19.9 Å². The Hall–Kier alpha value is -0.830. The summed E-state index contributed by atoms with van der Waals surface area (Å²) in [5.41, 5.74) is 0. The predicted octanol–water partition coefficient (Wildman–Crippen LogP) is 2.88. The van der Waals surface area contributed by atoms with Crippen molar-refractivity contribution in [2.75, 3.05) is 26.8 Å². The van der Waals surface area contributed by atoms with Gasteiger partial charge in [0.05, 0.1) is 6.54 Å². The van der Waals surface area contributed by atoms with Gasteiger partial charge in [0.2, 0.25) is 0 Å². The maximum Gasteiger partial charge on any atom is 0.191 e. The lowest BCUT2D eigenvalue weighted by Gasteiger charge is -2.14. The molecule has 140 valence electrons. The maximum atomic E-state index is 5.57. The number of guanidine groups is 1. The summed E-state index contributed by atoms with van der Waals surface area (Å²) in [5, 5.41) is 6.61. The standard InChI is InChI=1S/C17H33N5O.HI/c1-14(2)12-22-9-8-19-16(22)11-21-17(18-5)20-7-6-10-23-13-15(3)4;/h8-9,14-15H,6-7,10-13H2,1-5H3,(H2,18,20,21);1H. The van der Waals surface area contributed by atoms with E-state index in [0.29, 0.717) is 18.4 Å². The van der Waals surface area contributed by atoms with E-state index in [0.717, 1.165) is 44.5 Å². The third-order valence-corrected chi connectivity index (χ3v) is 3.21. The smallest absolute Gasteiger partial charge is 0.191 e. The molecule has 24 heavy (non-hydrogen) atoms. The van der Waals surface area contributed by atoms with Gasteiger partial charge in [-0.05, 0) is 18.3 Å². The summed E-state index contributed by atoms with van der Waals surface area (Å²) < 4.78 is 7.75. The van der Waals surface area contributed by atoms with E-state index in [2.05, 4.69) is 52.9 Å². The second kappa shape index (κ2) is 13.5. The molecule has 0 saturated heterocycles. The predicted molar refractivity (Wildman–Crippen MR) is 111 cm³/mol. The van der Waals surface area contributed by atoms with E-state index in [1.165, 1.54) is 0 Å². The minimum atomic E-state index is 0. The zero-order valence-electron chi connectivity index (χ0n) is 15.7. The van der Waals surface area contributed by atoms with E-state index >= 15 is 0 Å². The quantitative estimate of drug-likeness (QED) is 0.249. The lowest BCUT2D eigenvalue weighted by molar-refractivity contribution is 0.108. The van der Waals surface area contributed by atoms with Crippen LogP contribution in [0.3, 0.4) is 0 Å². The first-order valence-corrected chi connectivity index (χ1v) is 8.55. The zero-order chi connectivity index (χ0) is 17.1. The number of ether oxygens (including phenoxy) is 1. The molecule has 0 aliphatic carbocycles. The van der Waals surface area contributed by atoms with Gasteiger partial charge in [-0.3, -0.25) is 4.99 Å². The van der Waals surface area contributed by atoms with Crippen LogP contribution in [0.4, 0.5) is 0 Å². The average Bonchev–Trinajstić information content (AvgIpc) is 2.92. The van der Waals surface area contributed by atoms with Gasteiger partial charge in [-0.2, -0.15) is 0 Å². The molecule has 1 rings (SSSR count). The van der Waals surface area contributed by atoms with E-state index in [4.69, 9.17) is 4.74 Å². The van der Waals surface area contributed by atoms with Gasteiger partial charge in [0.25, 0.3) is 0 Å². The van der Waals surface area contributed by atoms with Crippen LogP contribution >= 0.6 is 24.0 Å². The first-order chi connectivity index (χ1) is 11.0. The number of aromatic nitrogens is 2. The van der Waals surface area contributed by atoms with Crippen molar-refractivity contribution in [2.24, 2.45) is 16.8 Å². The number of hydrogen-bond donors (Lipinski definition) is 2. The van der Waals surface area contributed by atoms with Crippen LogP contribution in [0.2, 0.25) is 0 Å². The Bertz CT molecular complexity index is 460. The average molecular weight is 451 g/mol. The van der Waals surface area contributed by atoms with Crippen LogP contribution in [0.25, 0.3) is 0 Å². The highest BCUT2D eigenvalue weighted by molar-refractivity contribution is 14.0.